The zero-order valence-corrected chi connectivity index (χ0v) is 17.5. The molecule has 0 aliphatic heterocycles. The van der Waals surface area contributed by atoms with E-state index in [1.54, 1.807) is 0 Å². The van der Waals surface area contributed by atoms with Gasteiger partial charge in [-0.2, -0.15) is 0 Å². The highest BCUT2D eigenvalue weighted by atomic mass is 16.4. The number of carbonyl (C=O) groups is 2. The molecule has 0 aliphatic rings. The molecule has 1 atom stereocenters. The quantitative estimate of drug-likeness (QED) is 0.176. The number of allylic oxidation sites excluding steroid dienone is 1. The third-order valence-corrected chi connectivity index (χ3v) is 5.05. The molecule has 0 amide bonds. The lowest BCUT2D eigenvalue weighted by molar-refractivity contribution is -0.146. The van der Waals surface area contributed by atoms with Gasteiger partial charge in [-0.25, -0.2) is 0 Å². The summed E-state index contributed by atoms with van der Waals surface area (Å²) in [6, 6.07) is 0. The summed E-state index contributed by atoms with van der Waals surface area (Å²) in [6.45, 7) is 2.26. The minimum Gasteiger partial charge on any atom is -0.481 e. The van der Waals surface area contributed by atoms with Gasteiger partial charge in [0.15, 0.2) is 0 Å². The Kier molecular flexibility index (Phi) is 18.5. The van der Waals surface area contributed by atoms with Crippen LogP contribution in [0.3, 0.4) is 0 Å². The Morgan fingerprint density at radius 2 is 1.11 bits per heavy atom. The van der Waals surface area contributed by atoms with E-state index >= 15 is 0 Å². The lowest BCUT2D eigenvalue weighted by atomic mass is 10.0. The predicted octanol–water partition coefficient (Wildman–Crippen LogP) is 6.98. The van der Waals surface area contributed by atoms with Gasteiger partial charge in [0.2, 0.25) is 0 Å². The van der Waals surface area contributed by atoms with E-state index in [-0.39, 0.29) is 6.42 Å². The molecular formula is C23H42O4. The predicted molar refractivity (Wildman–Crippen MR) is 112 cm³/mol. The first-order chi connectivity index (χ1) is 13.1. The first-order valence-electron chi connectivity index (χ1n) is 11.2. The molecule has 27 heavy (non-hydrogen) atoms. The lowest BCUT2D eigenvalue weighted by Gasteiger charge is -2.04. The molecular weight excluding hydrogens is 340 g/mol. The maximum atomic E-state index is 10.9. The molecule has 4 heteroatoms. The summed E-state index contributed by atoms with van der Waals surface area (Å²) in [5.41, 5.74) is 0. The van der Waals surface area contributed by atoms with Gasteiger partial charge < -0.3 is 10.2 Å². The third-order valence-electron chi connectivity index (χ3n) is 5.05. The van der Waals surface area contributed by atoms with Crippen molar-refractivity contribution in [2.75, 3.05) is 0 Å². The van der Waals surface area contributed by atoms with Crippen LogP contribution in [-0.2, 0) is 9.59 Å². The molecule has 0 radical (unpaired) electrons. The Morgan fingerprint density at radius 1 is 0.704 bits per heavy atom. The minimum absolute atomic E-state index is 0.343. The van der Waals surface area contributed by atoms with Crippen molar-refractivity contribution in [3.63, 3.8) is 0 Å². The van der Waals surface area contributed by atoms with Crippen molar-refractivity contribution in [3.05, 3.63) is 12.2 Å². The molecule has 0 aromatic heterocycles. The van der Waals surface area contributed by atoms with Crippen LogP contribution in [0.5, 0.6) is 0 Å². The van der Waals surface area contributed by atoms with E-state index in [9.17, 15) is 9.59 Å². The molecule has 158 valence electrons. The number of unbranched alkanes of at least 4 members (excludes halogenated alkanes) is 15. The van der Waals surface area contributed by atoms with Crippen molar-refractivity contribution in [2.45, 2.75) is 116 Å². The zero-order chi connectivity index (χ0) is 20.2. The fraction of sp³-hybridized carbons (Fsp3) is 0.826. The van der Waals surface area contributed by atoms with Gasteiger partial charge in [0.1, 0.15) is 0 Å². The second-order valence-electron chi connectivity index (χ2n) is 7.71. The average molecular weight is 383 g/mol. The molecule has 0 aliphatic carbocycles. The summed E-state index contributed by atoms with van der Waals surface area (Å²) in [6.07, 6.45) is 23.8. The average Bonchev–Trinajstić information content (AvgIpc) is 2.62. The fourth-order valence-corrected chi connectivity index (χ4v) is 3.32. The number of hydrogen-bond donors (Lipinski definition) is 2. The molecule has 0 bridgehead atoms. The van der Waals surface area contributed by atoms with Gasteiger partial charge >= 0.3 is 11.9 Å². The van der Waals surface area contributed by atoms with Crippen molar-refractivity contribution in [1.29, 1.82) is 0 Å². The molecule has 0 saturated carbocycles. The number of carboxylic acid groups (broad SMARTS) is 2. The van der Waals surface area contributed by atoms with Gasteiger partial charge in [-0.15, -0.1) is 0 Å². The summed E-state index contributed by atoms with van der Waals surface area (Å²) in [5, 5.41) is 17.6. The lowest BCUT2D eigenvalue weighted by Crippen LogP contribution is -2.15. The molecule has 4 nitrogen and oxygen atoms in total. The van der Waals surface area contributed by atoms with Crippen molar-refractivity contribution in [2.24, 2.45) is 5.92 Å². The molecule has 0 rings (SSSR count). The van der Waals surface area contributed by atoms with E-state index in [4.69, 9.17) is 10.2 Å². The number of rotatable bonds is 20. The standard InChI is InChI=1S/C23H42O4/c1-2-3-4-5-6-7-8-9-10-11-12-13-14-15-16-17-18-19-21(23(26)27)20-22(24)25/h18-19,21H,2-17,20H2,1H3,(H,24,25)(H,26,27)/b19-18+. The van der Waals surface area contributed by atoms with Crippen LogP contribution >= 0.6 is 0 Å². The van der Waals surface area contributed by atoms with Crippen LogP contribution in [0.2, 0.25) is 0 Å². The number of aliphatic carboxylic acids is 2. The summed E-state index contributed by atoms with van der Waals surface area (Å²) < 4.78 is 0. The molecule has 0 spiro atoms. The third kappa shape index (κ3) is 19.3. The molecule has 0 fully saturated rings. The van der Waals surface area contributed by atoms with E-state index in [1.807, 2.05) is 6.08 Å². The molecule has 0 heterocycles. The maximum Gasteiger partial charge on any atom is 0.310 e. The van der Waals surface area contributed by atoms with E-state index < -0.39 is 17.9 Å². The smallest absolute Gasteiger partial charge is 0.310 e. The topological polar surface area (TPSA) is 74.6 Å². The molecule has 1 unspecified atom stereocenters. The van der Waals surface area contributed by atoms with Gasteiger partial charge in [-0.1, -0.05) is 109 Å². The molecule has 2 N–H and O–H groups in total. The Balaban J connectivity index is 3.34. The second kappa shape index (κ2) is 19.4. The number of hydrogen-bond acceptors (Lipinski definition) is 2. The largest absolute Gasteiger partial charge is 0.481 e. The highest BCUT2D eigenvalue weighted by molar-refractivity contribution is 5.79. The summed E-state index contributed by atoms with van der Waals surface area (Å²) in [5.74, 6) is -3.04. The van der Waals surface area contributed by atoms with Crippen LogP contribution < -0.4 is 0 Å². The van der Waals surface area contributed by atoms with Crippen LogP contribution in [0, 0.1) is 5.92 Å². The first-order valence-corrected chi connectivity index (χ1v) is 11.2. The number of carboxylic acids is 2. The van der Waals surface area contributed by atoms with Gasteiger partial charge in [-0.05, 0) is 12.8 Å². The van der Waals surface area contributed by atoms with Gasteiger partial charge in [0.25, 0.3) is 0 Å². The van der Waals surface area contributed by atoms with Crippen LogP contribution in [0.4, 0.5) is 0 Å². The van der Waals surface area contributed by atoms with Gasteiger partial charge in [0.05, 0.1) is 12.3 Å². The normalized spacial score (nSPS) is 12.5. The van der Waals surface area contributed by atoms with Crippen LogP contribution in [0.1, 0.15) is 116 Å². The Morgan fingerprint density at radius 3 is 1.48 bits per heavy atom. The van der Waals surface area contributed by atoms with Crippen LogP contribution in [-0.4, -0.2) is 22.2 Å². The van der Waals surface area contributed by atoms with Crippen molar-refractivity contribution in [1.82, 2.24) is 0 Å². The zero-order valence-electron chi connectivity index (χ0n) is 17.5. The van der Waals surface area contributed by atoms with Crippen molar-refractivity contribution >= 4 is 11.9 Å². The first kappa shape index (κ1) is 25.7. The van der Waals surface area contributed by atoms with Crippen molar-refractivity contribution < 1.29 is 19.8 Å². The fourth-order valence-electron chi connectivity index (χ4n) is 3.32. The highest BCUT2D eigenvalue weighted by Gasteiger charge is 2.17. The molecule has 0 aromatic rings. The Bertz CT molecular complexity index is 390. The molecule has 0 saturated heterocycles. The van der Waals surface area contributed by atoms with E-state index in [1.165, 1.54) is 96.0 Å². The van der Waals surface area contributed by atoms with E-state index in [0.29, 0.717) is 0 Å². The Labute approximate surface area is 166 Å². The van der Waals surface area contributed by atoms with E-state index in [0.717, 1.165) is 12.8 Å². The van der Waals surface area contributed by atoms with Gasteiger partial charge in [-0.3, -0.25) is 9.59 Å². The monoisotopic (exact) mass is 382 g/mol. The summed E-state index contributed by atoms with van der Waals surface area (Å²) >= 11 is 0. The summed E-state index contributed by atoms with van der Waals surface area (Å²) in [7, 11) is 0. The highest BCUT2D eigenvalue weighted by Crippen LogP contribution is 2.14. The minimum atomic E-state index is -1.07. The van der Waals surface area contributed by atoms with Gasteiger partial charge in [0, 0.05) is 0 Å². The SMILES string of the molecule is CCCCCCCCCCCCCCCCC/C=C/C(CC(=O)O)C(=O)O. The van der Waals surface area contributed by atoms with Crippen LogP contribution in [0.15, 0.2) is 12.2 Å². The second-order valence-corrected chi connectivity index (χ2v) is 7.71. The Hall–Kier alpha value is -1.32. The van der Waals surface area contributed by atoms with E-state index in [2.05, 4.69) is 6.92 Å². The van der Waals surface area contributed by atoms with Crippen molar-refractivity contribution in [3.8, 4) is 0 Å². The maximum absolute atomic E-state index is 10.9. The summed E-state index contributed by atoms with van der Waals surface area (Å²) in [4.78, 5) is 21.5. The molecule has 0 aromatic carbocycles. The van der Waals surface area contributed by atoms with Crippen LogP contribution in [0.25, 0.3) is 0 Å².